The summed E-state index contributed by atoms with van der Waals surface area (Å²) in [4.78, 5) is 9.48. The minimum atomic E-state index is -0.437. The zero-order chi connectivity index (χ0) is 5.86. The summed E-state index contributed by atoms with van der Waals surface area (Å²) in [6.07, 6.45) is 0. The Hall–Kier alpha value is -0.271. The van der Waals surface area contributed by atoms with Gasteiger partial charge in [-0.15, -0.1) is 0 Å². The van der Waals surface area contributed by atoms with Crippen molar-refractivity contribution < 1.29 is 9.53 Å². The van der Waals surface area contributed by atoms with Crippen molar-refractivity contribution in [2.24, 2.45) is 0 Å². The van der Waals surface area contributed by atoms with Gasteiger partial charge in [0.05, 0.1) is 0 Å². The van der Waals surface area contributed by atoms with E-state index < -0.39 is 4.87 Å². The molecule has 0 N–H and O–H groups in total. The second-order valence-corrected chi connectivity index (χ2v) is 1.75. The van der Waals surface area contributed by atoms with Crippen LogP contribution in [-0.4, -0.2) is 20.9 Å². The standard InChI is InChI=1S/C4H5O2Se/c1-3(2)6-4(5)7/h1H2,2H3. The number of allylic oxidation sites excluding steroid dienone is 1. The topological polar surface area (TPSA) is 26.3 Å². The Morgan fingerprint density at radius 1 is 1.86 bits per heavy atom. The van der Waals surface area contributed by atoms with Crippen LogP contribution in [0.2, 0.25) is 0 Å². The molecule has 0 aromatic rings. The minimum absolute atomic E-state index is 0.406. The van der Waals surface area contributed by atoms with Gasteiger partial charge in [0.15, 0.2) is 0 Å². The van der Waals surface area contributed by atoms with E-state index in [4.69, 9.17) is 0 Å². The summed E-state index contributed by atoms with van der Waals surface area (Å²) in [5, 5.41) is 0. The third kappa shape index (κ3) is 5.73. The van der Waals surface area contributed by atoms with E-state index in [1.165, 1.54) is 0 Å². The predicted molar refractivity (Wildman–Crippen MR) is 27.0 cm³/mol. The average Bonchev–Trinajstić information content (AvgIpc) is 1.27. The van der Waals surface area contributed by atoms with Crippen molar-refractivity contribution in [1.82, 2.24) is 0 Å². The molecular formula is C4H5O2Se. The molecule has 0 fully saturated rings. The van der Waals surface area contributed by atoms with Crippen LogP contribution in [-0.2, 0) is 4.74 Å². The van der Waals surface area contributed by atoms with Crippen LogP contribution in [0.3, 0.4) is 0 Å². The van der Waals surface area contributed by atoms with E-state index >= 15 is 0 Å². The summed E-state index contributed by atoms with van der Waals surface area (Å²) in [6.45, 7) is 4.94. The van der Waals surface area contributed by atoms with Gasteiger partial charge >= 0.3 is 49.7 Å². The van der Waals surface area contributed by atoms with Gasteiger partial charge in [0.2, 0.25) is 0 Å². The van der Waals surface area contributed by atoms with Gasteiger partial charge in [0, 0.05) is 0 Å². The van der Waals surface area contributed by atoms with Crippen molar-refractivity contribution in [3.05, 3.63) is 12.3 Å². The van der Waals surface area contributed by atoms with Crippen molar-refractivity contribution in [3.8, 4) is 0 Å². The molecule has 0 atom stereocenters. The first-order valence-electron chi connectivity index (χ1n) is 1.67. The van der Waals surface area contributed by atoms with Gasteiger partial charge < -0.3 is 0 Å². The molecule has 0 aromatic carbocycles. The van der Waals surface area contributed by atoms with Gasteiger partial charge in [0.1, 0.15) is 0 Å². The maximum atomic E-state index is 9.92. The molecule has 39 valence electrons. The zero-order valence-corrected chi connectivity index (χ0v) is 5.64. The van der Waals surface area contributed by atoms with Gasteiger partial charge in [-0.1, -0.05) is 0 Å². The fraction of sp³-hybridized carbons (Fsp3) is 0.250. The molecule has 0 aromatic heterocycles. The summed E-state index contributed by atoms with van der Waals surface area (Å²) in [5.41, 5.74) is 0. The second kappa shape index (κ2) is 2.83. The third-order valence-electron chi connectivity index (χ3n) is 0.258. The van der Waals surface area contributed by atoms with Crippen LogP contribution in [0.25, 0.3) is 0 Å². The molecule has 0 amide bonds. The maximum absolute atomic E-state index is 9.92. The fourth-order valence-corrected chi connectivity index (χ4v) is 0.441. The summed E-state index contributed by atoms with van der Waals surface area (Å²) >= 11 is 2.15. The predicted octanol–water partition coefficient (Wildman–Crippen LogP) is 0.825. The second-order valence-electron chi connectivity index (χ2n) is 1.05. The monoisotopic (exact) mass is 165 g/mol. The number of carbonyl (C=O) groups excluding carboxylic acids is 1. The molecule has 0 aliphatic heterocycles. The normalized spacial score (nSPS) is 7.57. The van der Waals surface area contributed by atoms with Crippen molar-refractivity contribution in [3.63, 3.8) is 0 Å². The van der Waals surface area contributed by atoms with Crippen molar-refractivity contribution in [2.45, 2.75) is 6.92 Å². The van der Waals surface area contributed by atoms with Crippen LogP contribution in [0, 0.1) is 0 Å². The molecule has 1 radical (unpaired) electrons. The van der Waals surface area contributed by atoms with Crippen molar-refractivity contribution in [2.75, 3.05) is 0 Å². The van der Waals surface area contributed by atoms with E-state index in [1.807, 2.05) is 0 Å². The molecule has 0 spiro atoms. The van der Waals surface area contributed by atoms with Gasteiger partial charge in [-0.25, -0.2) is 0 Å². The van der Waals surface area contributed by atoms with Crippen LogP contribution < -0.4 is 0 Å². The first kappa shape index (κ1) is 6.73. The van der Waals surface area contributed by atoms with Crippen LogP contribution in [0.4, 0.5) is 4.79 Å². The molecule has 0 rings (SSSR count). The molecule has 0 aliphatic carbocycles. The quantitative estimate of drug-likeness (QED) is 0.423. The molecule has 0 heterocycles. The van der Waals surface area contributed by atoms with Crippen LogP contribution in [0.5, 0.6) is 0 Å². The summed E-state index contributed by atoms with van der Waals surface area (Å²) < 4.78 is 4.36. The first-order valence-corrected chi connectivity index (χ1v) is 2.53. The van der Waals surface area contributed by atoms with Crippen LogP contribution >= 0.6 is 0 Å². The first-order chi connectivity index (χ1) is 3.13. The molecule has 2 nitrogen and oxygen atoms in total. The summed E-state index contributed by atoms with van der Waals surface area (Å²) in [5.74, 6) is 0.406. The van der Waals surface area contributed by atoms with Crippen LogP contribution in [0.15, 0.2) is 12.3 Å². The van der Waals surface area contributed by atoms with Gasteiger partial charge in [0.25, 0.3) is 0 Å². The molecule has 0 saturated heterocycles. The third-order valence-corrected chi connectivity index (χ3v) is 0.432. The summed E-state index contributed by atoms with van der Waals surface area (Å²) in [7, 11) is 0. The fourth-order valence-electron chi connectivity index (χ4n) is 0.142. The molecule has 0 saturated carbocycles. The molecule has 0 unspecified atom stereocenters. The van der Waals surface area contributed by atoms with Gasteiger partial charge in [-0.3, -0.25) is 0 Å². The molecule has 3 heteroatoms. The van der Waals surface area contributed by atoms with E-state index in [0.29, 0.717) is 5.76 Å². The average molecular weight is 164 g/mol. The number of hydrogen-bond acceptors (Lipinski definition) is 2. The Balaban J connectivity index is 3.32. The van der Waals surface area contributed by atoms with Gasteiger partial charge in [-0.05, 0) is 0 Å². The Morgan fingerprint density at radius 2 is 2.29 bits per heavy atom. The Kier molecular flexibility index (Phi) is 2.72. The number of hydrogen-bond donors (Lipinski definition) is 0. The van der Waals surface area contributed by atoms with Crippen molar-refractivity contribution >= 4 is 20.9 Å². The summed E-state index contributed by atoms with van der Waals surface area (Å²) in [6, 6.07) is 0. The molecule has 7 heavy (non-hydrogen) atoms. The van der Waals surface area contributed by atoms with E-state index in [2.05, 4.69) is 27.3 Å². The Bertz CT molecular complexity index is 85.9. The van der Waals surface area contributed by atoms with E-state index in [-0.39, 0.29) is 0 Å². The van der Waals surface area contributed by atoms with Gasteiger partial charge in [-0.2, -0.15) is 0 Å². The Labute approximate surface area is 50.4 Å². The molecule has 0 aliphatic rings. The van der Waals surface area contributed by atoms with Crippen molar-refractivity contribution in [1.29, 1.82) is 0 Å². The zero-order valence-electron chi connectivity index (χ0n) is 3.93. The van der Waals surface area contributed by atoms with E-state index in [1.54, 1.807) is 6.92 Å². The van der Waals surface area contributed by atoms with E-state index in [9.17, 15) is 4.79 Å². The van der Waals surface area contributed by atoms with E-state index in [0.717, 1.165) is 0 Å². The number of carbonyl (C=O) groups is 1. The molecule has 0 bridgehead atoms. The number of rotatable bonds is 1. The van der Waals surface area contributed by atoms with Crippen LogP contribution in [0.1, 0.15) is 6.92 Å². The Morgan fingerprint density at radius 3 is 2.29 bits per heavy atom. The number of ether oxygens (including phenoxy) is 1. The SMILES string of the molecule is C=C(C)OC(=O)[Se]. The molecular weight excluding hydrogens is 159 g/mol.